The lowest BCUT2D eigenvalue weighted by molar-refractivity contribution is 0.609. The first kappa shape index (κ1) is 6.68. The lowest BCUT2D eigenvalue weighted by Gasteiger charge is -1.94. The topological polar surface area (TPSA) is 12.9 Å². The maximum Gasteiger partial charge on any atom is 0.143 e. The molecule has 0 atom stereocenters. The summed E-state index contributed by atoms with van der Waals surface area (Å²) in [6.07, 6.45) is 2.92. The molecule has 0 radical (unpaired) electrons. The molecule has 0 aliphatic rings. The highest BCUT2D eigenvalue weighted by molar-refractivity contribution is 9.10. The van der Waals surface area contributed by atoms with Crippen molar-refractivity contribution in [3.8, 4) is 0 Å². The number of hydrogen-bond acceptors (Lipinski definition) is 1. The highest BCUT2D eigenvalue weighted by atomic mass is 79.9. The van der Waals surface area contributed by atoms with Crippen LogP contribution in [-0.2, 0) is 0 Å². The molecule has 0 spiro atoms. The predicted octanol–water partition coefficient (Wildman–Crippen LogP) is 2.29. The summed E-state index contributed by atoms with van der Waals surface area (Å²) in [5.41, 5.74) is 0.560. The number of aryl methyl sites for hydroxylation is 1. The second-order valence-corrected chi connectivity index (χ2v) is 2.61. The smallest absolute Gasteiger partial charge is 0.143 e. The van der Waals surface area contributed by atoms with Crippen molar-refractivity contribution >= 4 is 15.9 Å². The van der Waals surface area contributed by atoms with Crippen LogP contribution in [0.25, 0.3) is 0 Å². The van der Waals surface area contributed by atoms with E-state index in [0.717, 1.165) is 0 Å². The number of rotatable bonds is 0. The van der Waals surface area contributed by atoms with Gasteiger partial charge in [0.15, 0.2) is 0 Å². The molecule has 0 aromatic carbocycles. The standard InChI is InChI=1S/C6H5BrFN/c1-4-2-9-3-5(7)6(4)8/h2-3H,1H3. The van der Waals surface area contributed by atoms with Crippen molar-refractivity contribution in [2.24, 2.45) is 0 Å². The van der Waals surface area contributed by atoms with Crippen molar-refractivity contribution in [1.82, 2.24) is 4.98 Å². The maximum atomic E-state index is 12.6. The molecule has 0 aliphatic heterocycles. The Morgan fingerprint density at radius 1 is 1.56 bits per heavy atom. The molecule has 0 amide bonds. The molecule has 0 bridgehead atoms. The molecule has 3 heteroatoms. The third-order valence-corrected chi connectivity index (χ3v) is 1.56. The molecule has 1 aromatic heterocycles. The number of aromatic nitrogens is 1. The van der Waals surface area contributed by atoms with E-state index >= 15 is 0 Å². The van der Waals surface area contributed by atoms with E-state index in [4.69, 9.17) is 0 Å². The molecule has 0 aliphatic carbocycles. The van der Waals surface area contributed by atoms with E-state index in [1.807, 2.05) is 0 Å². The third kappa shape index (κ3) is 1.27. The Labute approximate surface area is 61.0 Å². The molecule has 0 unspecified atom stereocenters. The van der Waals surface area contributed by atoms with Gasteiger partial charge >= 0.3 is 0 Å². The zero-order valence-electron chi connectivity index (χ0n) is 4.86. The summed E-state index contributed by atoms with van der Waals surface area (Å²) in [6, 6.07) is 0. The summed E-state index contributed by atoms with van der Waals surface area (Å²) in [7, 11) is 0. The molecule has 1 heterocycles. The SMILES string of the molecule is Cc1cncc(Br)c1F. The van der Waals surface area contributed by atoms with Crippen molar-refractivity contribution in [2.45, 2.75) is 6.92 Å². The number of pyridine rings is 1. The van der Waals surface area contributed by atoms with Crippen LogP contribution in [-0.4, -0.2) is 4.98 Å². The van der Waals surface area contributed by atoms with Crippen molar-refractivity contribution in [3.05, 3.63) is 28.2 Å². The van der Waals surface area contributed by atoms with Crippen LogP contribution in [0.15, 0.2) is 16.9 Å². The van der Waals surface area contributed by atoms with Crippen molar-refractivity contribution < 1.29 is 4.39 Å². The molecule has 0 N–H and O–H groups in total. The van der Waals surface area contributed by atoms with Gasteiger partial charge in [-0.25, -0.2) is 4.39 Å². The first-order valence-electron chi connectivity index (χ1n) is 2.47. The van der Waals surface area contributed by atoms with Gasteiger partial charge < -0.3 is 0 Å². The van der Waals surface area contributed by atoms with E-state index < -0.39 is 0 Å². The van der Waals surface area contributed by atoms with Gasteiger partial charge in [-0.15, -0.1) is 0 Å². The van der Waals surface area contributed by atoms with Crippen LogP contribution in [0.2, 0.25) is 0 Å². The van der Waals surface area contributed by atoms with Gasteiger partial charge in [0, 0.05) is 18.0 Å². The second kappa shape index (κ2) is 2.43. The molecular weight excluding hydrogens is 185 g/mol. The monoisotopic (exact) mass is 189 g/mol. The normalized spacial score (nSPS) is 9.67. The summed E-state index contributed by atoms with van der Waals surface area (Å²) < 4.78 is 13.1. The maximum absolute atomic E-state index is 12.6. The van der Waals surface area contributed by atoms with E-state index in [2.05, 4.69) is 20.9 Å². The van der Waals surface area contributed by atoms with Gasteiger partial charge in [0.1, 0.15) is 5.82 Å². The van der Waals surface area contributed by atoms with E-state index in [1.165, 1.54) is 12.4 Å². The average Bonchev–Trinajstić information content (AvgIpc) is 1.83. The van der Waals surface area contributed by atoms with Crippen molar-refractivity contribution in [3.63, 3.8) is 0 Å². The number of halogens is 2. The van der Waals surface area contributed by atoms with Crippen LogP contribution in [0.4, 0.5) is 4.39 Å². The summed E-state index contributed by atoms with van der Waals surface area (Å²) in [5.74, 6) is -0.231. The van der Waals surface area contributed by atoms with Crippen LogP contribution in [0.1, 0.15) is 5.56 Å². The predicted molar refractivity (Wildman–Crippen MR) is 36.6 cm³/mol. The minimum absolute atomic E-state index is 0.231. The van der Waals surface area contributed by atoms with Crippen molar-refractivity contribution in [2.75, 3.05) is 0 Å². The lowest BCUT2D eigenvalue weighted by atomic mass is 10.3. The Hall–Kier alpha value is -0.440. The van der Waals surface area contributed by atoms with Gasteiger partial charge in [-0.05, 0) is 22.9 Å². The molecule has 48 valence electrons. The Morgan fingerprint density at radius 3 is 2.67 bits per heavy atom. The fourth-order valence-corrected chi connectivity index (χ4v) is 0.947. The zero-order valence-corrected chi connectivity index (χ0v) is 6.44. The fraction of sp³-hybridized carbons (Fsp3) is 0.167. The zero-order chi connectivity index (χ0) is 6.85. The molecule has 0 saturated carbocycles. The first-order valence-corrected chi connectivity index (χ1v) is 3.26. The van der Waals surface area contributed by atoms with Gasteiger partial charge in [-0.3, -0.25) is 4.98 Å². The quantitative estimate of drug-likeness (QED) is 0.611. The summed E-state index contributed by atoms with van der Waals surface area (Å²) in [5, 5.41) is 0. The Bertz CT molecular complexity index is 204. The van der Waals surface area contributed by atoms with E-state index in [9.17, 15) is 4.39 Å². The van der Waals surface area contributed by atoms with Gasteiger partial charge in [-0.2, -0.15) is 0 Å². The van der Waals surface area contributed by atoms with E-state index in [-0.39, 0.29) is 5.82 Å². The minimum Gasteiger partial charge on any atom is -0.263 e. The van der Waals surface area contributed by atoms with Crippen molar-refractivity contribution in [1.29, 1.82) is 0 Å². The second-order valence-electron chi connectivity index (χ2n) is 1.75. The van der Waals surface area contributed by atoms with Crippen LogP contribution >= 0.6 is 15.9 Å². The molecule has 0 saturated heterocycles. The van der Waals surface area contributed by atoms with Crippen LogP contribution in [0.3, 0.4) is 0 Å². The van der Waals surface area contributed by atoms with Gasteiger partial charge in [0.05, 0.1) is 4.47 Å². The van der Waals surface area contributed by atoms with Crippen LogP contribution in [0, 0.1) is 12.7 Å². The highest BCUT2D eigenvalue weighted by Crippen LogP contribution is 2.15. The minimum atomic E-state index is -0.231. The number of hydrogen-bond donors (Lipinski definition) is 0. The first-order chi connectivity index (χ1) is 4.22. The van der Waals surface area contributed by atoms with Gasteiger partial charge in [-0.1, -0.05) is 0 Å². The summed E-state index contributed by atoms with van der Waals surface area (Å²) >= 11 is 3.01. The molecule has 1 aromatic rings. The van der Waals surface area contributed by atoms with E-state index in [0.29, 0.717) is 10.0 Å². The molecule has 1 rings (SSSR count). The largest absolute Gasteiger partial charge is 0.263 e. The molecule has 1 nitrogen and oxygen atoms in total. The van der Waals surface area contributed by atoms with E-state index in [1.54, 1.807) is 6.92 Å². The summed E-state index contributed by atoms with van der Waals surface area (Å²) in [4.78, 5) is 3.76. The molecular formula is C6H5BrFN. The Balaban J connectivity index is 3.25. The van der Waals surface area contributed by atoms with Crippen LogP contribution < -0.4 is 0 Å². The van der Waals surface area contributed by atoms with Gasteiger partial charge in [0.25, 0.3) is 0 Å². The number of nitrogens with zero attached hydrogens (tertiary/aromatic N) is 1. The fourth-order valence-electron chi connectivity index (χ4n) is 0.516. The Kier molecular flexibility index (Phi) is 1.81. The lowest BCUT2D eigenvalue weighted by Crippen LogP contribution is -1.84. The third-order valence-electron chi connectivity index (χ3n) is 1.01. The molecule has 9 heavy (non-hydrogen) atoms. The summed E-state index contributed by atoms with van der Waals surface area (Å²) in [6.45, 7) is 1.67. The average molecular weight is 190 g/mol. The molecule has 0 fully saturated rings. The van der Waals surface area contributed by atoms with Gasteiger partial charge in [0.2, 0.25) is 0 Å². The highest BCUT2D eigenvalue weighted by Gasteiger charge is 1.99. The Morgan fingerprint density at radius 2 is 2.22 bits per heavy atom. The van der Waals surface area contributed by atoms with Crippen LogP contribution in [0.5, 0.6) is 0 Å².